The monoisotopic (exact) mass is 210 g/mol. The van der Waals surface area contributed by atoms with Crippen molar-refractivity contribution in [2.24, 2.45) is 5.41 Å². The maximum atomic E-state index is 10.5. The van der Waals surface area contributed by atoms with Gasteiger partial charge in [-0.25, -0.2) is 0 Å². The van der Waals surface area contributed by atoms with Gasteiger partial charge in [-0.3, -0.25) is 0 Å². The molecule has 0 aliphatic heterocycles. The van der Waals surface area contributed by atoms with E-state index < -0.39 is 5.60 Å². The quantitative estimate of drug-likeness (QED) is 0.752. The summed E-state index contributed by atoms with van der Waals surface area (Å²) in [5, 5.41) is 10.5. The SMILES string of the molecule is Cc1ccc(C2(O)CCC(C)(C)C2)s1. The average molecular weight is 210 g/mol. The van der Waals surface area contributed by atoms with E-state index in [1.807, 2.05) is 0 Å². The molecule has 1 nitrogen and oxygen atoms in total. The van der Waals surface area contributed by atoms with Crippen LogP contribution in [-0.2, 0) is 5.60 Å². The Labute approximate surface area is 89.8 Å². The predicted molar refractivity (Wildman–Crippen MR) is 60.6 cm³/mol. The zero-order chi connectivity index (χ0) is 10.4. The number of thiophene rings is 1. The van der Waals surface area contributed by atoms with Crippen molar-refractivity contribution in [1.82, 2.24) is 0 Å². The molecule has 1 fully saturated rings. The highest BCUT2D eigenvalue weighted by atomic mass is 32.1. The van der Waals surface area contributed by atoms with Crippen LogP contribution in [0, 0.1) is 12.3 Å². The van der Waals surface area contributed by atoms with Crippen LogP contribution in [0.25, 0.3) is 0 Å². The van der Waals surface area contributed by atoms with Gasteiger partial charge in [-0.2, -0.15) is 0 Å². The summed E-state index contributed by atoms with van der Waals surface area (Å²) in [6, 6.07) is 4.19. The van der Waals surface area contributed by atoms with Crippen molar-refractivity contribution in [3.63, 3.8) is 0 Å². The van der Waals surface area contributed by atoms with E-state index in [-0.39, 0.29) is 0 Å². The van der Waals surface area contributed by atoms with Crippen molar-refractivity contribution >= 4 is 11.3 Å². The molecule has 2 rings (SSSR count). The number of hydrogen-bond acceptors (Lipinski definition) is 2. The van der Waals surface area contributed by atoms with Crippen LogP contribution in [0.3, 0.4) is 0 Å². The zero-order valence-corrected chi connectivity index (χ0v) is 9.95. The van der Waals surface area contributed by atoms with Crippen molar-refractivity contribution in [1.29, 1.82) is 0 Å². The molecule has 1 heterocycles. The van der Waals surface area contributed by atoms with Gasteiger partial charge in [0.2, 0.25) is 0 Å². The van der Waals surface area contributed by atoms with Crippen molar-refractivity contribution in [3.8, 4) is 0 Å². The van der Waals surface area contributed by atoms with Gasteiger partial charge in [0.15, 0.2) is 0 Å². The van der Waals surface area contributed by atoms with E-state index in [9.17, 15) is 5.11 Å². The second-order valence-electron chi connectivity index (χ2n) is 5.28. The summed E-state index contributed by atoms with van der Waals surface area (Å²) in [6.45, 7) is 6.58. The second kappa shape index (κ2) is 3.07. The van der Waals surface area contributed by atoms with E-state index in [0.717, 1.165) is 24.1 Å². The largest absolute Gasteiger partial charge is 0.384 e. The molecule has 1 aliphatic carbocycles. The first-order chi connectivity index (χ1) is 6.41. The topological polar surface area (TPSA) is 20.2 Å². The third-order valence-corrected chi connectivity index (χ3v) is 4.38. The Morgan fingerprint density at radius 1 is 1.29 bits per heavy atom. The molecule has 0 radical (unpaired) electrons. The molecule has 1 saturated carbocycles. The number of rotatable bonds is 1. The van der Waals surface area contributed by atoms with Gasteiger partial charge in [-0.15, -0.1) is 11.3 Å². The zero-order valence-electron chi connectivity index (χ0n) is 9.13. The summed E-state index contributed by atoms with van der Waals surface area (Å²) >= 11 is 1.73. The fourth-order valence-corrected chi connectivity index (χ4v) is 3.39. The molecule has 0 spiro atoms. The van der Waals surface area contributed by atoms with Crippen LogP contribution in [0.1, 0.15) is 42.9 Å². The minimum Gasteiger partial charge on any atom is -0.384 e. The third kappa shape index (κ3) is 1.73. The minimum atomic E-state index is -0.539. The Bertz CT molecular complexity index is 340. The molecular formula is C12H18OS. The van der Waals surface area contributed by atoms with Crippen LogP contribution in [0.5, 0.6) is 0 Å². The molecular weight excluding hydrogens is 192 g/mol. The Hall–Kier alpha value is -0.340. The van der Waals surface area contributed by atoms with E-state index in [1.165, 1.54) is 4.88 Å². The Morgan fingerprint density at radius 2 is 2.00 bits per heavy atom. The highest BCUT2D eigenvalue weighted by molar-refractivity contribution is 7.12. The van der Waals surface area contributed by atoms with Gasteiger partial charge >= 0.3 is 0 Å². The summed E-state index contributed by atoms with van der Waals surface area (Å²) in [7, 11) is 0. The fourth-order valence-electron chi connectivity index (χ4n) is 2.41. The second-order valence-corrected chi connectivity index (χ2v) is 6.57. The molecule has 1 unspecified atom stereocenters. The van der Waals surface area contributed by atoms with Crippen molar-refractivity contribution in [2.75, 3.05) is 0 Å². The van der Waals surface area contributed by atoms with E-state index in [4.69, 9.17) is 0 Å². The molecule has 1 atom stereocenters. The maximum absolute atomic E-state index is 10.5. The summed E-state index contributed by atoms with van der Waals surface area (Å²) in [5.74, 6) is 0. The van der Waals surface area contributed by atoms with Gasteiger partial charge in [0.05, 0.1) is 5.60 Å². The first-order valence-electron chi connectivity index (χ1n) is 5.21. The van der Waals surface area contributed by atoms with Gasteiger partial charge < -0.3 is 5.11 Å². The number of aliphatic hydroxyl groups is 1. The average Bonchev–Trinajstić information content (AvgIpc) is 2.57. The standard InChI is InChI=1S/C12H18OS/c1-9-4-5-10(14-9)12(13)7-6-11(2,3)8-12/h4-5,13H,6-8H2,1-3H3. The molecule has 0 saturated heterocycles. The van der Waals surface area contributed by atoms with Crippen molar-refractivity contribution in [3.05, 3.63) is 21.9 Å². The van der Waals surface area contributed by atoms with E-state index >= 15 is 0 Å². The van der Waals surface area contributed by atoms with Crippen LogP contribution in [-0.4, -0.2) is 5.11 Å². The first-order valence-corrected chi connectivity index (χ1v) is 6.02. The van der Waals surface area contributed by atoms with Crippen LogP contribution in [0.4, 0.5) is 0 Å². The third-order valence-electron chi connectivity index (χ3n) is 3.19. The summed E-state index contributed by atoms with van der Waals surface area (Å²) in [5.41, 5.74) is -0.241. The lowest BCUT2D eigenvalue weighted by Crippen LogP contribution is -2.21. The van der Waals surface area contributed by atoms with E-state index in [0.29, 0.717) is 5.41 Å². The smallest absolute Gasteiger partial charge is 0.0993 e. The number of aryl methyl sites for hydroxylation is 1. The first kappa shape index (κ1) is 10.2. The number of hydrogen-bond donors (Lipinski definition) is 1. The molecule has 1 aliphatic rings. The molecule has 0 bridgehead atoms. The maximum Gasteiger partial charge on any atom is 0.0993 e. The fraction of sp³-hybridized carbons (Fsp3) is 0.667. The summed E-state index contributed by atoms with van der Waals surface area (Å²) in [4.78, 5) is 2.44. The molecule has 1 N–H and O–H groups in total. The van der Waals surface area contributed by atoms with Crippen LogP contribution < -0.4 is 0 Å². The molecule has 1 aromatic rings. The molecule has 1 aromatic heterocycles. The Balaban J connectivity index is 2.27. The van der Waals surface area contributed by atoms with Crippen LogP contribution >= 0.6 is 11.3 Å². The molecule has 2 heteroatoms. The van der Waals surface area contributed by atoms with Gasteiger partial charge in [0.1, 0.15) is 0 Å². The summed E-state index contributed by atoms with van der Waals surface area (Å²) in [6.07, 6.45) is 2.94. The van der Waals surface area contributed by atoms with Crippen LogP contribution in [0.15, 0.2) is 12.1 Å². The lowest BCUT2D eigenvalue weighted by molar-refractivity contribution is 0.0375. The lowest BCUT2D eigenvalue weighted by Gasteiger charge is -2.23. The summed E-state index contributed by atoms with van der Waals surface area (Å²) < 4.78 is 0. The van der Waals surface area contributed by atoms with Gasteiger partial charge in [-0.1, -0.05) is 13.8 Å². The minimum absolute atomic E-state index is 0.298. The highest BCUT2D eigenvalue weighted by Gasteiger charge is 2.43. The molecule has 0 aromatic carbocycles. The van der Waals surface area contributed by atoms with Gasteiger partial charge in [0, 0.05) is 9.75 Å². The van der Waals surface area contributed by atoms with E-state index in [2.05, 4.69) is 32.9 Å². The predicted octanol–water partition coefficient (Wildman–Crippen LogP) is 3.45. The van der Waals surface area contributed by atoms with Crippen molar-refractivity contribution in [2.45, 2.75) is 45.6 Å². The van der Waals surface area contributed by atoms with Crippen LogP contribution in [0.2, 0.25) is 0 Å². The Morgan fingerprint density at radius 3 is 2.43 bits per heavy atom. The molecule has 78 valence electrons. The highest BCUT2D eigenvalue weighted by Crippen LogP contribution is 2.50. The molecule has 0 amide bonds. The van der Waals surface area contributed by atoms with E-state index in [1.54, 1.807) is 11.3 Å². The normalized spacial score (nSPS) is 30.9. The molecule has 14 heavy (non-hydrogen) atoms. The lowest BCUT2D eigenvalue weighted by atomic mass is 9.89. The van der Waals surface area contributed by atoms with Crippen molar-refractivity contribution < 1.29 is 5.11 Å². The van der Waals surface area contributed by atoms with Gasteiger partial charge in [-0.05, 0) is 43.7 Å². The van der Waals surface area contributed by atoms with Gasteiger partial charge in [0.25, 0.3) is 0 Å². The Kier molecular flexibility index (Phi) is 2.24.